The highest BCUT2D eigenvalue weighted by Gasteiger charge is 2.01. The third-order valence-corrected chi connectivity index (χ3v) is 2.42. The Hall–Kier alpha value is -1.82. The van der Waals surface area contributed by atoms with Crippen LogP contribution in [0.2, 0.25) is 0 Å². The molecule has 1 aromatic heterocycles. The molecule has 0 radical (unpaired) electrons. The van der Waals surface area contributed by atoms with Gasteiger partial charge in [-0.3, -0.25) is 4.68 Å². The fourth-order valence-electron chi connectivity index (χ4n) is 1.64. The van der Waals surface area contributed by atoms with Crippen molar-refractivity contribution < 1.29 is 8.78 Å². The summed E-state index contributed by atoms with van der Waals surface area (Å²) < 4.78 is 27.5. The molecule has 1 heterocycles. The van der Waals surface area contributed by atoms with E-state index < -0.39 is 11.6 Å². The number of aryl methyl sites for hydroxylation is 1. The number of benzene rings is 1. The van der Waals surface area contributed by atoms with Crippen LogP contribution in [0.15, 0.2) is 24.5 Å². The van der Waals surface area contributed by atoms with Crippen LogP contribution in [0.4, 0.5) is 8.78 Å². The SMILES string of the molecule is Cn1cnc(CCNCc2cc(F)cc(F)c2)n1. The highest BCUT2D eigenvalue weighted by atomic mass is 19.1. The Balaban J connectivity index is 1.78. The topological polar surface area (TPSA) is 42.7 Å². The van der Waals surface area contributed by atoms with Crippen molar-refractivity contribution >= 4 is 0 Å². The van der Waals surface area contributed by atoms with Crippen molar-refractivity contribution in [2.24, 2.45) is 7.05 Å². The van der Waals surface area contributed by atoms with Crippen LogP contribution in [0.1, 0.15) is 11.4 Å². The Morgan fingerprint density at radius 1 is 1.22 bits per heavy atom. The van der Waals surface area contributed by atoms with Gasteiger partial charge in [0.05, 0.1) is 0 Å². The van der Waals surface area contributed by atoms with E-state index in [0.29, 0.717) is 25.1 Å². The molecule has 0 amide bonds. The molecule has 1 aromatic carbocycles. The van der Waals surface area contributed by atoms with Crippen molar-refractivity contribution in [2.75, 3.05) is 6.54 Å². The number of nitrogens with one attached hydrogen (secondary N) is 1. The number of rotatable bonds is 5. The molecule has 0 unspecified atom stereocenters. The number of hydrogen-bond acceptors (Lipinski definition) is 3. The molecule has 1 N–H and O–H groups in total. The number of halogens is 2. The Bertz CT molecular complexity index is 504. The Morgan fingerprint density at radius 2 is 1.94 bits per heavy atom. The molecular weight excluding hydrogens is 238 g/mol. The zero-order chi connectivity index (χ0) is 13.0. The van der Waals surface area contributed by atoms with Crippen LogP contribution in [0, 0.1) is 11.6 Å². The van der Waals surface area contributed by atoms with Gasteiger partial charge in [-0.25, -0.2) is 13.8 Å². The molecule has 6 heteroatoms. The highest BCUT2D eigenvalue weighted by Crippen LogP contribution is 2.07. The maximum absolute atomic E-state index is 12.9. The van der Waals surface area contributed by atoms with Gasteiger partial charge in [0.1, 0.15) is 18.0 Å². The molecule has 18 heavy (non-hydrogen) atoms. The average molecular weight is 252 g/mol. The van der Waals surface area contributed by atoms with Crippen LogP contribution < -0.4 is 5.32 Å². The van der Waals surface area contributed by atoms with E-state index in [1.165, 1.54) is 12.1 Å². The first kappa shape index (κ1) is 12.6. The minimum atomic E-state index is -0.557. The van der Waals surface area contributed by atoms with Crippen LogP contribution in [-0.2, 0) is 20.0 Å². The van der Waals surface area contributed by atoms with Gasteiger partial charge >= 0.3 is 0 Å². The van der Waals surface area contributed by atoms with Gasteiger partial charge in [0.25, 0.3) is 0 Å². The maximum Gasteiger partial charge on any atom is 0.151 e. The van der Waals surface area contributed by atoms with Gasteiger partial charge in [-0.05, 0) is 17.7 Å². The fourth-order valence-corrected chi connectivity index (χ4v) is 1.64. The zero-order valence-corrected chi connectivity index (χ0v) is 10.0. The molecular formula is C12H14F2N4. The smallest absolute Gasteiger partial charge is 0.151 e. The van der Waals surface area contributed by atoms with E-state index in [2.05, 4.69) is 15.4 Å². The van der Waals surface area contributed by atoms with E-state index in [1.54, 1.807) is 18.1 Å². The molecule has 4 nitrogen and oxygen atoms in total. The summed E-state index contributed by atoms with van der Waals surface area (Å²) in [5.74, 6) is -0.369. The van der Waals surface area contributed by atoms with Crippen molar-refractivity contribution in [1.82, 2.24) is 20.1 Å². The Labute approximate surface area is 104 Å². The fraction of sp³-hybridized carbons (Fsp3) is 0.333. The number of hydrogen-bond donors (Lipinski definition) is 1. The van der Waals surface area contributed by atoms with Gasteiger partial charge < -0.3 is 5.32 Å². The van der Waals surface area contributed by atoms with Crippen molar-refractivity contribution in [3.8, 4) is 0 Å². The molecule has 0 bridgehead atoms. The van der Waals surface area contributed by atoms with Gasteiger partial charge in [-0.15, -0.1) is 0 Å². The summed E-state index contributed by atoms with van der Waals surface area (Å²) >= 11 is 0. The largest absolute Gasteiger partial charge is 0.312 e. The van der Waals surface area contributed by atoms with Crippen LogP contribution in [0.25, 0.3) is 0 Å². The van der Waals surface area contributed by atoms with E-state index in [-0.39, 0.29) is 0 Å². The van der Waals surface area contributed by atoms with E-state index in [9.17, 15) is 8.78 Å². The highest BCUT2D eigenvalue weighted by molar-refractivity contribution is 5.17. The third-order valence-electron chi connectivity index (χ3n) is 2.42. The summed E-state index contributed by atoms with van der Waals surface area (Å²) in [6, 6.07) is 3.49. The zero-order valence-electron chi connectivity index (χ0n) is 10.0. The molecule has 2 rings (SSSR count). The lowest BCUT2D eigenvalue weighted by atomic mass is 10.2. The molecule has 0 fully saturated rings. The van der Waals surface area contributed by atoms with E-state index in [0.717, 1.165) is 11.9 Å². The lowest BCUT2D eigenvalue weighted by Gasteiger charge is -2.04. The monoisotopic (exact) mass is 252 g/mol. The predicted octanol–water partition coefficient (Wildman–Crippen LogP) is 1.43. The lowest BCUT2D eigenvalue weighted by molar-refractivity contribution is 0.574. The lowest BCUT2D eigenvalue weighted by Crippen LogP contribution is -2.17. The molecule has 96 valence electrons. The first-order valence-electron chi connectivity index (χ1n) is 5.64. The molecule has 0 saturated carbocycles. The molecule has 0 aliphatic carbocycles. The van der Waals surface area contributed by atoms with Crippen LogP contribution in [-0.4, -0.2) is 21.3 Å². The number of aromatic nitrogens is 3. The minimum absolute atomic E-state index is 0.418. The summed E-state index contributed by atoms with van der Waals surface area (Å²) in [5, 5.41) is 7.22. The second-order valence-corrected chi connectivity index (χ2v) is 4.04. The van der Waals surface area contributed by atoms with Gasteiger partial charge in [0.15, 0.2) is 5.82 Å². The molecule has 0 spiro atoms. The van der Waals surface area contributed by atoms with Crippen molar-refractivity contribution in [3.63, 3.8) is 0 Å². The van der Waals surface area contributed by atoms with Crippen molar-refractivity contribution in [2.45, 2.75) is 13.0 Å². The summed E-state index contributed by atoms with van der Waals surface area (Å²) in [6.07, 6.45) is 2.32. The molecule has 2 aromatic rings. The van der Waals surface area contributed by atoms with Gasteiger partial charge in [-0.1, -0.05) is 0 Å². The van der Waals surface area contributed by atoms with Crippen molar-refractivity contribution in [1.29, 1.82) is 0 Å². The summed E-state index contributed by atoms with van der Waals surface area (Å²) in [4.78, 5) is 4.08. The normalized spacial score (nSPS) is 10.8. The Kier molecular flexibility index (Phi) is 3.99. The molecule has 0 aliphatic rings. The van der Waals surface area contributed by atoms with E-state index >= 15 is 0 Å². The number of nitrogens with zero attached hydrogens (tertiary/aromatic N) is 3. The molecule has 0 aliphatic heterocycles. The minimum Gasteiger partial charge on any atom is -0.312 e. The van der Waals surface area contributed by atoms with Crippen LogP contribution in [0.5, 0.6) is 0 Å². The quantitative estimate of drug-likeness (QED) is 0.818. The van der Waals surface area contributed by atoms with E-state index in [1.807, 2.05) is 0 Å². The average Bonchev–Trinajstić information content (AvgIpc) is 2.69. The second-order valence-electron chi connectivity index (χ2n) is 4.04. The van der Waals surface area contributed by atoms with Gasteiger partial charge in [0, 0.05) is 32.6 Å². The van der Waals surface area contributed by atoms with Crippen LogP contribution in [0.3, 0.4) is 0 Å². The summed E-state index contributed by atoms with van der Waals surface area (Å²) in [7, 11) is 1.81. The standard InChI is InChI=1S/C12H14F2N4/c1-18-8-16-12(17-18)2-3-15-7-9-4-10(13)6-11(14)5-9/h4-6,8,15H,2-3,7H2,1H3. The van der Waals surface area contributed by atoms with Gasteiger partial charge in [-0.2, -0.15) is 5.10 Å². The maximum atomic E-state index is 12.9. The van der Waals surface area contributed by atoms with E-state index in [4.69, 9.17) is 0 Å². The van der Waals surface area contributed by atoms with Gasteiger partial charge in [0.2, 0.25) is 0 Å². The molecule has 0 saturated heterocycles. The first-order valence-corrected chi connectivity index (χ1v) is 5.64. The Morgan fingerprint density at radius 3 is 2.56 bits per heavy atom. The predicted molar refractivity (Wildman–Crippen MR) is 62.8 cm³/mol. The first-order chi connectivity index (χ1) is 8.63. The van der Waals surface area contributed by atoms with Crippen LogP contribution >= 0.6 is 0 Å². The van der Waals surface area contributed by atoms with Crippen molar-refractivity contribution in [3.05, 3.63) is 47.5 Å². The summed E-state index contributed by atoms with van der Waals surface area (Å²) in [6.45, 7) is 1.07. The summed E-state index contributed by atoms with van der Waals surface area (Å²) in [5.41, 5.74) is 0.585. The molecule has 0 atom stereocenters. The second kappa shape index (κ2) is 5.68. The third kappa shape index (κ3) is 3.59.